The van der Waals surface area contributed by atoms with E-state index in [4.69, 9.17) is 23.3 Å². The standard InChI is InChI=1S/C62H113O11P/c1-4-7-10-13-16-19-22-25-27-29-31-34-37-40-43-46-49-52-61(65)72-58(54-63)56-70-74(67,68)71-57-59(55-69-60(64)51-48-45-42-39-36-33-24-21-18-15-12-9-6-3)73-62(66)53-50-47-44-41-38-35-32-30-28-26-23-20-17-14-11-8-5-2/h8,11,17,20,26,28,32,35,58-59,63H,4-7,9-10,12-16,18-19,21-25,27,29-31,33-34,36-57H2,1-3H3,(H,67,68)/b11-8-,20-17-,28-26-,35-32-. The maximum absolute atomic E-state index is 12.9. The Labute approximate surface area is 453 Å². The number of carbonyl (C=O) groups excluding carboxylic acids is 3. The van der Waals surface area contributed by atoms with Gasteiger partial charge in [-0.2, -0.15) is 0 Å². The average molecular weight is 1070 g/mol. The number of hydrogen-bond donors (Lipinski definition) is 2. The zero-order valence-corrected chi connectivity index (χ0v) is 48.7. The van der Waals surface area contributed by atoms with Crippen LogP contribution in [0.15, 0.2) is 48.6 Å². The normalized spacial score (nSPS) is 13.6. The van der Waals surface area contributed by atoms with Gasteiger partial charge >= 0.3 is 25.7 Å². The Morgan fingerprint density at radius 2 is 0.703 bits per heavy atom. The monoisotopic (exact) mass is 1060 g/mol. The maximum Gasteiger partial charge on any atom is 0.472 e. The van der Waals surface area contributed by atoms with Crippen LogP contribution in [0.1, 0.15) is 290 Å². The number of carbonyl (C=O) groups is 3. The molecule has 432 valence electrons. The van der Waals surface area contributed by atoms with Gasteiger partial charge in [0.1, 0.15) is 12.7 Å². The number of unbranched alkanes of at least 4 members (excludes halogenated alkanes) is 32. The number of rotatable bonds is 57. The number of ether oxygens (including phenoxy) is 3. The van der Waals surface area contributed by atoms with Crippen molar-refractivity contribution < 1.29 is 52.2 Å². The fraction of sp³-hybridized carbons (Fsp3) is 0.823. The largest absolute Gasteiger partial charge is 0.472 e. The van der Waals surface area contributed by atoms with E-state index in [0.717, 1.165) is 89.9 Å². The van der Waals surface area contributed by atoms with E-state index in [-0.39, 0.29) is 25.9 Å². The van der Waals surface area contributed by atoms with Gasteiger partial charge in [0.15, 0.2) is 6.10 Å². The topological polar surface area (TPSA) is 155 Å². The lowest BCUT2D eigenvalue weighted by Crippen LogP contribution is -2.30. The molecule has 0 aliphatic rings. The highest BCUT2D eigenvalue weighted by Crippen LogP contribution is 2.43. The molecule has 2 N–H and O–H groups in total. The summed E-state index contributed by atoms with van der Waals surface area (Å²) in [7, 11) is -4.75. The highest BCUT2D eigenvalue weighted by atomic mass is 31.2. The fourth-order valence-electron chi connectivity index (χ4n) is 8.64. The first-order valence-electron chi connectivity index (χ1n) is 30.5. The predicted octanol–water partition coefficient (Wildman–Crippen LogP) is 18.1. The second kappa shape index (κ2) is 56.6. The molecule has 0 aromatic rings. The fourth-order valence-corrected chi connectivity index (χ4v) is 9.43. The van der Waals surface area contributed by atoms with Crippen molar-refractivity contribution in [2.24, 2.45) is 0 Å². The molecule has 3 atom stereocenters. The quantitative estimate of drug-likeness (QED) is 0.0197. The number of esters is 3. The Hall–Kier alpha value is -2.56. The molecule has 0 aromatic carbocycles. The third kappa shape index (κ3) is 54.2. The molecule has 0 radical (unpaired) electrons. The first-order chi connectivity index (χ1) is 36.2. The molecule has 0 saturated carbocycles. The van der Waals surface area contributed by atoms with Gasteiger partial charge in [-0.3, -0.25) is 23.4 Å². The summed E-state index contributed by atoms with van der Waals surface area (Å²) in [4.78, 5) is 48.6. The zero-order chi connectivity index (χ0) is 54.1. The molecule has 0 amide bonds. The van der Waals surface area contributed by atoms with Crippen molar-refractivity contribution in [2.45, 2.75) is 303 Å². The van der Waals surface area contributed by atoms with Crippen molar-refractivity contribution in [3.8, 4) is 0 Å². The van der Waals surface area contributed by atoms with Crippen LogP contribution < -0.4 is 0 Å². The van der Waals surface area contributed by atoms with E-state index in [0.29, 0.717) is 19.3 Å². The van der Waals surface area contributed by atoms with E-state index in [1.165, 1.54) is 141 Å². The van der Waals surface area contributed by atoms with Crippen LogP contribution in [0.3, 0.4) is 0 Å². The van der Waals surface area contributed by atoms with Gasteiger partial charge in [0.25, 0.3) is 0 Å². The summed E-state index contributed by atoms with van der Waals surface area (Å²) in [6.07, 6.45) is 60.6. The lowest BCUT2D eigenvalue weighted by Gasteiger charge is -2.21. The molecule has 0 bridgehead atoms. The molecular formula is C62H113O11P. The van der Waals surface area contributed by atoms with Crippen molar-refractivity contribution in [3.63, 3.8) is 0 Å². The molecule has 0 saturated heterocycles. The number of phosphoric acid groups is 1. The van der Waals surface area contributed by atoms with Crippen molar-refractivity contribution in [3.05, 3.63) is 48.6 Å². The lowest BCUT2D eigenvalue weighted by atomic mass is 10.0. The summed E-state index contributed by atoms with van der Waals surface area (Å²) in [5, 5.41) is 9.83. The highest BCUT2D eigenvalue weighted by molar-refractivity contribution is 7.47. The molecule has 11 nitrogen and oxygen atoms in total. The maximum atomic E-state index is 12.9. The van der Waals surface area contributed by atoms with Gasteiger partial charge in [0.05, 0.1) is 19.8 Å². The Morgan fingerprint density at radius 3 is 1.08 bits per heavy atom. The number of hydrogen-bond acceptors (Lipinski definition) is 10. The molecule has 0 spiro atoms. The Balaban J connectivity index is 4.68. The van der Waals surface area contributed by atoms with Crippen LogP contribution in [-0.4, -0.2) is 66.5 Å². The summed E-state index contributed by atoms with van der Waals surface area (Å²) in [6.45, 7) is 4.55. The summed E-state index contributed by atoms with van der Waals surface area (Å²) in [6, 6.07) is 0. The molecule has 0 heterocycles. The van der Waals surface area contributed by atoms with Gasteiger partial charge in [0.2, 0.25) is 0 Å². The number of aliphatic hydroxyl groups is 1. The van der Waals surface area contributed by atoms with Gasteiger partial charge in [-0.1, -0.05) is 262 Å². The van der Waals surface area contributed by atoms with Gasteiger partial charge in [-0.05, 0) is 57.8 Å². The molecule has 12 heteroatoms. The first-order valence-corrected chi connectivity index (χ1v) is 32.0. The Bertz CT molecular complexity index is 1430. The summed E-state index contributed by atoms with van der Waals surface area (Å²) >= 11 is 0. The summed E-state index contributed by atoms with van der Waals surface area (Å²) in [5.41, 5.74) is 0. The smallest absolute Gasteiger partial charge is 0.462 e. The minimum atomic E-state index is -4.75. The third-order valence-electron chi connectivity index (χ3n) is 13.3. The van der Waals surface area contributed by atoms with Crippen LogP contribution in [0.25, 0.3) is 0 Å². The van der Waals surface area contributed by atoms with Gasteiger partial charge in [-0.15, -0.1) is 0 Å². The van der Waals surface area contributed by atoms with E-state index >= 15 is 0 Å². The predicted molar refractivity (Wildman–Crippen MR) is 307 cm³/mol. The second-order valence-electron chi connectivity index (χ2n) is 20.5. The molecule has 0 aliphatic carbocycles. The minimum absolute atomic E-state index is 0.143. The molecule has 0 aliphatic heterocycles. The van der Waals surface area contributed by atoms with Gasteiger partial charge in [-0.25, -0.2) is 4.57 Å². The molecule has 0 rings (SSSR count). The Morgan fingerprint density at radius 1 is 0.392 bits per heavy atom. The zero-order valence-electron chi connectivity index (χ0n) is 47.8. The molecule has 3 unspecified atom stereocenters. The van der Waals surface area contributed by atoms with Gasteiger partial charge in [0, 0.05) is 19.3 Å². The van der Waals surface area contributed by atoms with Crippen LogP contribution >= 0.6 is 7.82 Å². The van der Waals surface area contributed by atoms with Crippen molar-refractivity contribution in [1.29, 1.82) is 0 Å². The molecular weight excluding hydrogens is 952 g/mol. The number of aliphatic hydroxyl groups excluding tert-OH is 1. The lowest BCUT2D eigenvalue weighted by molar-refractivity contribution is -0.161. The number of allylic oxidation sites excluding steroid dienone is 8. The van der Waals surface area contributed by atoms with Crippen LogP contribution in [0, 0.1) is 0 Å². The van der Waals surface area contributed by atoms with E-state index in [2.05, 4.69) is 69.4 Å². The van der Waals surface area contributed by atoms with Crippen LogP contribution in [0.2, 0.25) is 0 Å². The van der Waals surface area contributed by atoms with E-state index in [9.17, 15) is 28.9 Å². The van der Waals surface area contributed by atoms with Gasteiger partial charge < -0.3 is 24.2 Å². The van der Waals surface area contributed by atoms with E-state index < -0.39 is 57.8 Å². The Kier molecular flexibility index (Phi) is 54.7. The average Bonchev–Trinajstić information content (AvgIpc) is 3.39. The minimum Gasteiger partial charge on any atom is -0.462 e. The molecule has 74 heavy (non-hydrogen) atoms. The van der Waals surface area contributed by atoms with Crippen LogP contribution in [0.4, 0.5) is 0 Å². The van der Waals surface area contributed by atoms with Crippen molar-refractivity contribution in [2.75, 3.05) is 26.4 Å². The first kappa shape index (κ1) is 71.4. The molecule has 0 fully saturated rings. The van der Waals surface area contributed by atoms with Crippen molar-refractivity contribution in [1.82, 2.24) is 0 Å². The number of phosphoric ester groups is 1. The van der Waals surface area contributed by atoms with E-state index in [1.807, 2.05) is 0 Å². The highest BCUT2D eigenvalue weighted by Gasteiger charge is 2.28. The summed E-state index contributed by atoms with van der Waals surface area (Å²) in [5.74, 6) is -1.47. The van der Waals surface area contributed by atoms with Crippen LogP contribution in [0.5, 0.6) is 0 Å². The van der Waals surface area contributed by atoms with Crippen LogP contribution in [-0.2, 0) is 42.2 Å². The molecule has 0 aromatic heterocycles. The third-order valence-corrected chi connectivity index (χ3v) is 14.2. The second-order valence-corrected chi connectivity index (χ2v) is 22.0. The summed E-state index contributed by atoms with van der Waals surface area (Å²) < 4.78 is 39.6. The SMILES string of the molecule is CC/C=C\C/C=C\C/C=C\C/C=C\CCCCCCC(=O)OC(COC(=O)CCCCCCCCCCCCCCC)COP(=O)(O)OCC(CO)OC(=O)CCCCCCCCCCCCCCCCCCC. The van der Waals surface area contributed by atoms with Crippen molar-refractivity contribution >= 4 is 25.7 Å². The van der Waals surface area contributed by atoms with E-state index in [1.54, 1.807) is 0 Å².